The summed E-state index contributed by atoms with van der Waals surface area (Å²) in [5, 5.41) is 9.10. The van der Waals surface area contributed by atoms with E-state index in [0.29, 0.717) is 18.0 Å². The van der Waals surface area contributed by atoms with Crippen LogP contribution < -0.4 is 0 Å². The van der Waals surface area contributed by atoms with Crippen LogP contribution in [0.3, 0.4) is 0 Å². The second-order valence-electron chi connectivity index (χ2n) is 5.90. The third-order valence-electron chi connectivity index (χ3n) is 4.61. The summed E-state index contributed by atoms with van der Waals surface area (Å²) in [6.07, 6.45) is 5.24. The maximum absolute atomic E-state index is 12.8. The molecule has 3 rings (SSSR count). The highest BCUT2D eigenvalue weighted by Crippen LogP contribution is 2.40. The van der Waals surface area contributed by atoms with Crippen molar-refractivity contribution in [3.63, 3.8) is 0 Å². The van der Waals surface area contributed by atoms with E-state index in [1.807, 2.05) is 0 Å². The molecule has 1 aliphatic heterocycles. The van der Waals surface area contributed by atoms with E-state index < -0.39 is 16.0 Å². The number of carbonyl (C=O) groups is 1. The zero-order chi connectivity index (χ0) is 15.2. The van der Waals surface area contributed by atoms with Gasteiger partial charge in [-0.3, -0.25) is 0 Å². The zero-order valence-corrected chi connectivity index (χ0v) is 13.5. The number of carboxylic acid groups (broad SMARTS) is 1. The largest absolute Gasteiger partial charge is 0.477 e. The Labute approximate surface area is 128 Å². The number of fused-ring (bicyclic) bond motifs is 1. The number of rotatable bonds is 3. The Balaban J connectivity index is 1.93. The molecule has 21 heavy (non-hydrogen) atoms. The first-order valence-electron chi connectivity index (χ1n) is 7.27. The van der Waals surface area contributed by atoms with Crippen molar-refractivity contribution in [2.45, 2.75) is 49.3 Å². The second-order valence-corrected chi connectivity index (χ2v) is 9.07. The quantitative estimate of drug-likeness (QED) is 0.925. The van der Waals surface area contributed by atoms with Crippen LogP contribution in [0, 0.1) is 12.8 Å². The Bertz CT molecular complexity index is 665. The van der Waals surface area contributed by atoms with Gasteiger partial charge in [-0.25, -0.2) is 13.2 Å². The van der Waals surface area contributed by atoms with E-state index in [9.17, 15) is 13.2 Å². The number of hydrogen-bond acceptors (Lipinski definition) is 4. The number of sulfonamides is 1. The van der Waals surface area contributed by atoms with Crippen LogP contribution in [0.5, 0.6) is 0 Å². The third-order valence-corrected chi connectivity index (χ3v) is 8.21. The fourth-order valence-corrected chi connectivity index (χ4v) is 6.81. The topological polar surface area (TPSA) is 74.7 Å². The SMILES string of the molecule is Cc1cc(S(=O)(=O)N2CCC3CCCCC32)sc1C(=O)O. The minimum atomic E-state index is -3.56. The van der Waals surface area contributed by atoms with Gasteiger partial charge in [0.1, 0.15) is 9.09 Å². The molecule has 2 fully saturated rings. The number of carboxylic acids is 1. The first-order chi connectivity index (χ1) is 9.91. The number of hydrogen-bond donors (Lipinski definition) is 1. The van der Waals surface area contributed by atoms with E-state index in [4.69, 9.17) is 5.11 Å². The predicted molar refractivity (Wildman–Crippen MR) is 80.3 cm³/mol. The van der Waals surface area contributed by atoms with Crippen LogP contribution >= 0.6 is 11.3 Å². The molecular weight excluding hydrogens is 310 g/mol. The Morgan fingerprint density at radius 2 is 2.05 bits per heavy atom. The molecule has 0 bridgehead atoms. The van der Waals surface area contributed by atoms with Crippen molar-refractivity contribution >= 4 is 27.3 Å². The molecule has 2 unspecified atom stereocenters. The van der Waals surface area contributed by atoms with Crippen LogP contribution in [0.15, 0.2) is 10.3 Å². The lowest BCUT2D eigenvalue weighted by Crippen LogP contribution is -2.38. The first-order valence-corrected chi connectivity index (χ1v) is 9.52. The van der Waals surface area contributed by atoms with Gasteiger partial charge >= 0.3 is 5.97 Å². The minimum absolute atomic E-state index is 0.111. The van der Waals surface area contributed by atoms with Crippen LogP contribution in [0.2, 0.25) is 0 Å². The van der Waals surface area contributed by atoms with Crippen molar-refractivity contribution in [3.05, 3.63) is 16.5 Å². The smallest absolute Gasteiger partial charge is 0.346 e. The standard InChI is InChI=1S/C14H19NO4S2/c1-9-8-12(20-13(9)14(16)17)21(18,19)15-7-6-10-4-2-3-5-11(10)15/h8,10-11H,2-7H2,1H3,(H,16,17). The summed E-state index contributed by atoms with van der Waals surface area (Å²) in [5.41, 5.74) is 0.519. The molecular formula is C14H19NO4S2. The van der Waals surface area contributed by atoms with Crippen molar-refractivity contribution in [2.24, 2.45) is 5.92 Å². The predicted octanol–water partition coefficient (Wildman–Crippen LogP) is 2.71. The van der Waals surface area contributed by atoms with Crippen molar-refractivity contribution in [1.82, 2.24) is 4.31 Å². The third kappa shape index (κ3) is 2.51. The lowest BCUT2D eigenvalue weighted by atomic mass is 9.86. The Hall–Kier alpha value is -0.920. The Kier molecular flexibility index (Phi) is 3.83. The van der Waals surface area contributed by atoms with E-state index >= 15 is 0 Å². The summed E-state index contributed by atoms with van der Waals surface area (Å²) in [6, 6.07) is 1.61. The molecule has 2 atom stereocenters. The van der Waals surface area contributed by atoms with E-state index in [0.717, 1.165) is 37.0 Å². The maximum atomic E-state index is 12.8. The lowest BCUT2D eigenvalue weighted by Gasteiger charge is -2.30. The van der Waals surface area contributed by atoms with Gasteiger partial charge in [-0.05, 0) is 43.7 Å². The fourth-order valence-electron chi connectivity index (χ4n) is 3.57. The van der Waals surface area contributed by atoms with Crippen molar-refractivity contribution < 1.29 is 18.3 Å². The highest BCUT2D eigenvalue weighted by molar-refractivity contribution is 7.91. The van der Waals surface area contributed by atoms with Crippen molar-refractivity contribution in [3.8, 4) is 0 Å². The Morgan fingerprint density at radius 1 is 1.33 bits per heavy atom. The summed E-state index contributed by atoms with van der Waals surface area (Å²) in [6.45, 7) is 2.21. The Morgan fingerprint density at radius 3 is 2.71 bits per heavy atom. The van der Waals surface area contributed by atoms with Crippen molar-refractivity contribution in [1.29, 1.82) is 0 Å². The van der Waals surface area contributed by atoms with Gasteiger partial charge in [0.25, 0.3) is 10.0 Å². The van der Waals surface area contributed by atoms with Crippen LogP contribution in [-0.4, -0.2) is 36.4 Å². The average Bonchev–Trinajstić information content (AvgIpc) is 3.02. The zero-order valence-electron chi connectivity index (χ0n) is 11.9. The summed E-state index contributed by atoms with van der Waals surface area (Å²) < 4.78 is 27.4. The van der Waals surface area contributed by atoms with Gasteiger partial charge in [0, 0.05) is 12.6 Å². The summed E-state index contributed by atoms with van der Waals surface area (Å²) in [7, 11) is -3.56. The normalized spacial score (nSPS) is 26.7. The highest BCUT2D eigenvalue weighted by Gasteiger charge is 2.43. The van der Waals surface area contributed by atoms with Gasteiger partial charge in [-0.1, -0.05) is 12.8 Å². The van der Waals surface area contributed by atoms with Crippen molar-refractivity contribution in [2.75, 3.05) is 6.54 Å². The summed E-state index contributed by atoms with van der Waals surface area (Å²) >= 11 is 0.872. The molecule has 5 nitrogen and oxygen atoms in total. The molecule has 2 aliphatic rings. The molecule has 0 radical (unpaired) electrons. The van der Waals surface area contributed by atoms with Gasteiger partial charge in [0.2, 0.25) is 0 Å². The van der Waals surface area contributed by atoms with Crippen LogP contribution in [-0.2, 0) is 10.0 Å². The molecule has 0 spiro atoms. The summed E-state index contributed by atoms with van der Waals surface area (Å²) in [5.74, 6) is -0.579. The number of nitrogens with zero attached hydrogens (tertiary/aromatic N) is 1. The molecule has 116 valence electrons. The number of aryl methyl sites for hydroxylation is 1. The molecule has 1 aromatic heterocycles. The molecule has 1 N–H and O–H groups in total. The number of aromatic carboxylic acids is 1. The van der Waals surface area contributed by atoms with Crippen LogP contribution in [0.1, 0.15) is 47.3 Å². The number of thiophene rings is 1. The van der Waals surface area contributed by atoms with E-state index in [1.54, 1.807) is 11.2 Å². The van der Waals surface area contributed by atoms with E-state index in [2.05, 4.69) is 0 Å². The van der Waals surface area contributed by atoms with Gasteiger partial charge in [-0.15, -0.1) is 11.3 Å². The van der Waals surface area contributed by atoms with Gasteiger partial charge in [-0.2, -0.15) is 4.31 Å². The molecule has 1 aliphatic carbocycles. The van der Waals surface area contributed by atoms with Crippen LogP contribution in [0.25, 0.3) is 0 Å². The lowest BCUT2D eigenvalue weighted by molar-refractivity contribution is 0.0701. The fraction of sp³-hybridized carbons (Fsp3) is 0.643. The average molecular weight is 329 g/mol. The van der Waals surface area contributed by atoms with Gasteiger partial charge in [0.05, 0.1) is 0 Å². The molecule has 0 aromatic carbocycles. The van der Waals surface area contributed by atoms with Gasteiger partial charge in [0.15, 0.2) is 0 Å². The summed E-state index contributed by atoms with van der Waals surface area (Å²) in [4.78, 5) is 11.2. The molecule has 1 saturated heterocycles. The van der Waals surface area contributed by atoms with E-state index in [1.165, 1.54) is 12.5 Å². The molecule has 2 heterocycles. The van der Waals surface area contributed by atoms with Gasteiger partial charge < -0.3 is 5.11 Å². The second kappa shape index (κ2) is 5.37. The monoisotopic (exact) mass is 329 g/mol. The molecule has 0 amide bonds. The molecule has 1 saturated carbocycles. The maximum Gasteiger partial charge on any atom is 0.346 e. The molecule has 7 heteroatoms. The minimum Gasteiger partial charge on any atom is -0.477 e. The van der Waals surface area contributed by atoms with E-state index in [-0.39, 0.29) is 15.1 Å². The highest BCUT2D eigenvalue weighted by atomic mass is 32.2. The van der Waals surface area contributed by atoms with Crippen LogP contribution in [0.4, 0.5) is 0 Å². The first kappa shape index (κ1) is 15.0. The molecule has 1 aromatic rings.